The molecule has 0 spiro atoms. The SMILES string of the molecule is CC(C)(CCCOc1ccc(Cl)cc1F)C(=O)N[C@@H]1CCN(S(=O)(=O)c2ccc(C(=O)O)cc2)C[C@H]1F. The van der Waals surface area contributed by atoms with Gasteiger partial charge in [-0.25, -0.2) is 22.0 Å². The lowest BCUT2D eigenvalue weighted by molar-refractivity contribution is -0.131. The molecule has 0 aromatic heterocycles. The largest absolute Gasteiger partial charge is 0.491 e. The third kappa shape index (κ3) is 7.18. The van der Waals surface area contributed by atoms with Crippen LogP contribution in [0.3, 0.4) is 0 Å². The summed E-state index contributed by atoms with van der Waals surface area (Å²) in [7, 11) is -4.02. The Morgan fingerprint density at radius 1 is 1.22 bits per heavy atom. The monoisotopic (exact) mass is 558 g/mol. The molecule has 2 N–H and O–H groups in total. The number of ether oxygens (including phenoxy) is 1. The molecule has 0 aliphatic carbocycles. The van der Waals surface area contributed by atoms with Gasteiger partial charge in [-0.1, -0.05) is 25.4 Å². The Bertz CT molecular complexity index is 1240. The lowest BCUT2D eigenvalue weighted by Crippen LogP contribution is -2.55. The third-order valence-electron chi connectivity index (χ3n) is 6.27. The molecule has 0 saturated carbocycles. The van der Waals surface area contributed by atoms with Gasteiger partial charge in [0.05, 0.1) is 23.1 Å². The Hall–Kier alpha value is -2.76. The van der Waals surface area contributed by atoms with Gasteiger partial charge in [-0.15, -0.1) is 0 Å². The maximum Gasteiger partial charge on any atom is 0.335 e. The molecule has 1 aliphatic heterocycles. The molecule has 2 aromatic rings. The van der Waals surface area contributed by atoms with Crippen molar-refractivity contribution in [3.8, 4) is 5.75 Å². The number of hydrogen-bond acceptors (Lipinski definition) is 5. The molecule has 1 amide bonds. The van der Waals surface area contributed by atoms with Crippen molar-refractivity contribution in [2.75, 3.05) is 19.7 Å². The number of alkyl halides is 1. The summed E-state index contributed by atoms with van der Waals surface area (Å²) in [6.07, 6.45) is -0.713. The maximum absolute atomic E-state index is 15.0. The zero-order chi connectivity index (χ0) is 27.4. The van der Waals surface area contributed by atoms with Crippen molar-refractivity contribution in [2.24, 2.45) is 5.41 Å². The van der Waals surface area contributed by atoms with Crippen LogP contribution in [0.1, 0.15) is 43.5 Å². The van der Waals surface area contributed by atoms with Crippen LogP contribution in [-0.2, 0) is 14.8 Å². The van der Waals surface area contributed by atoms with Gasteiger partial charge in [-0.2, -0.15) is 4.31 Å². The van der Waals surface area contributed by atoms with E-state index in [0.717, 1.165) is 10.4 Å². The van der Waals surface area contributed by atoms with E-state index in [4.69, 9.17) is 21.4 Å². The number of carboxylic acids is 1. The first-order chi connectivity index (χ1) is 17.3. The number of nitrogens with one attached hydrogen (secondary N) is 1. The number of halogens is 3. The molecule has 0 radical (unpaired) electrons. The molecular weight excluding hydrogens is 530 g/mol. The Labute approximate surface area is 219 Å². The highest BCUT2D eigenvalue weighted by Gasteiger charge is 2.38. The topological polar surface area (TPSA) is 113 Å². The van der Waals surface area contributed by atoms with Crippen LogP contribution in [0, 0.1) is 11.2 Å². The van der Waals surface area contributed by atoms with E-state index in [2.05, 4.69) is 5.32 Å². The first-order valence-corrected chi connectivity index (χ1v) is 13.5. The van der Waals surface area contributed by atoms with E-state index in [1.54, 1.807) is 13.8 Å². The fourth-order valence-electron chi connectivity index (χ4n) is 3.94. The molecule has 1 aliphatic rings. The lowest BCUT2D eigenvalue weighted by Gasteiger charge is -2.36. The third-order valence-corrected chi connectivity index (χ3v) is 8.39. The van der Waals surface area contributed by atoms with Crippen molar-refractivity contribution < 1.29 is 36.6 Å². The number of amides is 1. The quantitative estimate of drug-likeness (QED) is 0.421. The van der Waals surface area contributed by atoms with Crippen molar-refractivity contribution in [1.82, 2.24) is 9.62 Å². The average molecular weight is 559 g/mol. The van der Waals surface area contributed by atoms with E-state index in [0.29, 0.717) is 12.8 Å². The number of rotatable bonds is 10. The fraction of sp³-hybridized carbons (Fsp3) is 0.440. The normalized spacial score (nSPS) is 18.8. The summed E-state index contributed by atoms with van der Waals surface area (Å²) in [5.41, 5.74) is -0.924. The molecule has 3 rings (SSSR count). The van der Waals surface area contributed by atoms with Gasteiger partial charge >= 0.3 is 5.97 Å². The second kappa shape index (κ2) is 11.7. The smallest absolute Gasteiger partial charge is 0.335 e. The molecule has 2 aromatic carbocycles. The summed E-state index contributed by atoms with van der Waals surface area (Å²) < 4.78 is 60.9. The number of benzene rings is 2. The van der Waals surface area contributed by atoms with Crippen LogP contribution in [0.5, 0.6) is 5.75 Å². The van der Waals surface area contributed by atoms with Crippen molar-refractivity contribution in [1.29, 1.82) is 0 Å². The molecule has 0 unspecified atom stereocenters. The fourth-order valence-corrected chi connectivity index (χ4v) is 5.56. The molecule has 1 heterocycles. The summed E-state index contributed by atoms with van der Waals surface area (Å²) in [4.78, 5) is 23.7. The van der Waals surface area contributed by atoms with E-state index in [-0.39, 0.29) is 46.7 Å². The minimum absolute atomic E-state index is 0.00466. The molecule has 2 atom stereocenters. The van der Waals surface area contributed by atoms with Gasteiger partial charge < -0.3 is 15.2 Å². The van der Waals surface area contributed by atoms with Gasteiger partial charge in [0.25, 0.3) is 0 Å². The lowest BCUT2D eigenvalue weighted by atomic mass is 9.86. The number of piperidine rings is 1. The zero-order valence-electron chi connectivity index (χ0n) is 20.4. The number of sulfonamides is 1. The highest BCUT2D eigenvalue weighted by atomic mass is 35.5. The summed E-state index contributed by atoms with van der Waals surface area (Å²) in [6.45, 7) is 3.15. The number of carboxylic acid groups (broad SMARTS) is 1. The summed E-state index contributed by atoms with van der Waals surface area (Å²) in [5, 5.41) is 11.9. The molecule has 12 heteroatoms. The van der Waals surface area contributed by atoms with E-state index in [9.17, 15) is 26.8 Å². The van der Waals surface area contributed by atoms with E-state index in [1.807, 2.05) is 0 Å². The van der Waals surface area contributed by atoms with Crippen LogP contribution in [0.2, 0.25) is 5.02 Å². The number of hydrogen-bond donors (Lipinski definition) is 2. The highest BCUT2D eigenvalue weighted by molar-refractivity contribution is 7.89. The highest BCUT2D eigenvalue weighted by Crippen LogP contribution is 2.27. The predicted molar refractivity (Wildman–Crippen MR) is 134 cm³/mol. The Kier molecular flexibility index (Phi) is 9.14. The first kappa shape index (κ1) is 28.8. The maximum atomic E-state index is 15.0. The summed E-state index contributed by atoms with van der Waals surface area (Å²) in [5.74, 6) is -2.08. The van der Waals surface area contributed by atoms with Crippen LogP contribution < -0.4 is 10.1 Å². The second-order valence-electron chi connectivity index (χ2n) is 9.49. The number of nitrogens with zero attached hydrogens (tertiary/aromatic N) is 1. The molecule has 0 bridgehead atoms. The van der Waals surface area contributed by atoms with Crippen LogP contribution in [0.4, 0.5) is 8.78 Å². The number of aromatic carboxylic acids is 1. The van der Waals surface area contributed by atoms with Crippen LogP contribution in [0.25, 0.3) is 0 Å². The van der Waals surface area contributed by atoms with Gasteiger partial charge in [0.2, 0.25) is 15.9 Å². The minimum Gasteiger partial charge on any atom is -0.491 e. The molecule has 37 heavy (non-hydrogen) atoms. The second-order valence-corrected chi connectivity index (χ2v) is 11.9. The van der Waals surface area contributed by atoms with Gasteiger partial charge in [0, 0.05) is 23.5 Å². The number of carbonyl (C=O) groups is 2. The van der Waals surface area contributed by atoms with E-state index < -0.39 is 46.0 Å². The Balaban J connectivity index is 1.51. The van der Waals surface area contributed by atoms with Crippen LogP contribution >= 0.6 is 11.6 Å². The van der Waals surface area contributed by atoms with Gasteiger partial charge in [-0.05, 0) is 61.7 Å². The molecule has 1 saturated heterocycles. The Morgan fingerprint density at radius 3 is 2.49 bits per heavy atom. The van der Waals surface area contributed by atoms with Crippen molar-refractivity contribution >= 4 is 33.5 Å². The molecule has 8 nitrogen and oxygen atoms in total. The van der Waals surface area contributed by atoms with Crippen molar-refractivity contribution in [3.05, 3.63) is 58.9 Å². The van der Waals surface area contributed by atoms with Gasteiger partial charge in [-0.3, -0.25) is 4.79 Å². The van der Waals surface area contributed by atoms with Crippen LogP contribution in [-0.4, -0.2) is 61.6 Å². The van der Waals surface area contributed by atoms with Crippen molar-refractivity contribution in [2.45, 2.75) is 50.2 Å². The van der Waals surface area contributed by atoms with E-state index >= 15 is 0 Å². The molecule has 202 valence electrons. The minimum atomic E-state index is -4.02. The van der Waals surface area contributed by atoms with Crippen LogP contribution in [0.15, 0.2) is 47.4 Å². The molecular formula is C25H29ClF2N2O6S. The van der Waals surface area contributed by atoms with Gasteiger partial charge in [0.15, 0.2) is 11.6 Å². The zero-order valence-corrected chi connectivity index (χ0v) is 22.0. The Morgan fingerprint density at radius 2 is 1.89 bits per heavy atom. The van der Waals surface area contributed by atoms with Gasteiger partial charge in [0.1, 0.15) is 6.17 Å². The predicted octanol–water partition coefficient (Wildman–Crippen LogP) is 4.28. The number of carbonyl (C=O) groups excluding carboxylic acids is 1. The average Bonchev–Trinajstić information content (AvgIpc) is 2.84. The summed E-state index contributed by atoms with van der Waals surface area (Å²) in [6, 6.07) is 7.92. The first-order valence-electron chi connectivity index (χ1n) is 11.7. The standard InChI is InChI=1S/C25H29ClF2N2O6S/c1-25(2,11-3-13-36-22-9-6-17(26)14-19(22)27)24(33)29-21-10-12-30(15-20(21)28)37(34,35)18-7-4-16(5-8-18)23(31)32/h4-9,14,20-21H,3,10-13,15H2,1-2H3,(H,29,33)(H,31,32)/t20-,21-/m1/s1. The molecule has 1 fully saturated rings. The summed E-state index contributed by atoms with van der Waals surface area (Å²) >= 11 is 5.72. The van der Waals surface area contributed by atoms with E-state index in [1.165, 1.54) is 36.4 Å². The van der Waals surface area contributed by atoms with Crippen molar-refractivity contribution in [3.63, 3.8) is 0 Å².